The van der Waals surface area contributed by atoms with E-state index in [1.165, 1.54) is 6.42 Å². The van der Waals surface area contributed by atoms with Gasteiger partial charge in [-0.05, 0) is 6.08 Å². The van der Waals surface area contributed by atoms with E-state index in [0.29, 0.717) is 0 Å². The van der Waals surface area contributed by atoms with Gasteiger partial charge in [-0.15, -0.1) is 11.6 Å². The van der Waals surface area contributed by atoms with Gasteiger partial charge in [-0.25, -0.2) is 0 Å². The lowest BCUT2D eigenvalue weighted by molar-refractivity contribution is -0.0885. The molecule has 0 spiro atoms. The first-order valence-corrected chi connectivity index (χ1v) is 3.86. The lowest BCUT2D eigenvalue weighted by Gasteiger charge is -2.15. The molecular formula is C7H4Cl2F3. The van der Waals surface area contributed by atoms with Crippen LogP contribution in [-0.4, -0.2) is 11.6 Å². The average Bonchev–Trinajstić information content (AvgIpc) is 1.82. The predicted molar refractivity (Wildman–Crippen MR) is 42.0 cm³/mol. The van der Waals surface area contributed by atoms with Crippen molar-refractivity contribution in [1.82, 2.24) is 0 Å². The van der Waals surface area contributed by atoms with Crippen LogP contribution in [0.15, 0.2) is 22.8 Å². The molecule has 0 heterocycles. The summed E-state index contributed by atoms with van der Waals surface area (Å²) in [6.07, 6.45) is -1.28. The number of allylic oxidation sites excluding steroid dienone is 4. The minimum atomic E-state index is -4.37. The molecule has 0 fully saturated rings. The number of rotatable bonds is 0. The largest absolute Gasteiger partial charge is 0.416 e. The molecule has 0 aromatic heterocycles. The van der Waals surface area contributed by atoms with Crippen LogP contribution >= 0.6 is 23.2 Å². The lowest BCUT2D eigenvalue weighted by Crippen LogP contribution is -2.15. The Morgan fingerprint density at radius 1 is 1.33 bits per heavy atom. The molecule has 1 rings (SSSR count). The Morgan fingerprint density at radius 3 is 2.33 bits per heavy atom. The molecule has 67 valence electrons. The molecule has 0 aliphatic heterocycles. The zero-order chi connectivity index (χ0) is 9.35. The van der Waals surface area contributed by atoms with Gasteiger partial charge in [0.05, 0.1) is 11.0 Å². The minimum Gasteiger partial charge on any atom is -0.166 e. The quantitative estimate of drug-likeness (QED) is 0.544. The van der Waals surface area contributed by atoms with Crippen molar-refractivity contribution in [1.29, 1.82) is 0 Å². The smallest absolute Gasteiger partial charge is 0.166 e. The van der Waals surface area contributed by atoms with E-state index in [2.05, 4.69) is 0 Å². The fraction of sp³-hybridized carbons (Fsp3) is 0.286. The van der Waals surface area contributed by atoms with Gasteiger partial charge < -0.3 is 0 Å². The Hall–Kier alpha value is -0.150. The van der Waals surface area contributed by atoms with E-state index in [4.69, 9.17) is 23.2 Å². The van der Waals surface area contributed by atoms with Crippen molar-refractivity contribution in [3.63, 3.8) is 0 Å². The van der Waals surface area contributed by atoms with Crippen LogP contribution in [0.1, 0.15) is 0 Å². The summed E-state index contributed by atoms with van der Waals surface area (Å²) in [5, 5.41) is -0.760. The fourth-order valence-electron chi connectivity index (χ4n) is 0.793. The van der Waals surface area contributed by atoms with Gasteiger partial charge in [-0.3, -0.25) is 0 Å². The first kappa shape index (κ1) is 9.93. The van der Waals surface area contributed by atoms with Crippen molar-refractivity contribution in [3.05, 3.63) is 29.2 Å². The Morgan fingerprint density at radius 2 is 1.92 bits per heavy atom. The molecule has 1 aliphatic carbocycles. The maximum Gasteiger partial charge on any atom is 0.416 e. The predicted octanol–water partition coefficient (Wildman–Crippen LogP) is 3.42. The van der Waals surface area contributed by atoms with Crippen LogP contribution in [0.2, 0.25) is 0 Å². The fourth-order valence-corrected chi connectivity index (χ4v) is 1.38. The van der Waals surface area contributed by atoms with Crippen molar-refractivity contribution in [2.75, 3.05) is 0 Å². The molecule has 1 atom stereocenters. The number of hydrogen-bond donors (Lipinski definition) is 0. The summed E-state index contributed by atoms with van der Waals surface area (Å²) >= 11 is 10.8. The molecule has 5 heteroatoms. The molecule has 0 nitrogen and oxygen atoms in total. The molecule has 0 bridgehead atoms. The maximum atomic E-state index is 12.0. The van der Waals surface area contributed by atoms with Crippen molar-refractivity contribution < 1.29 is 13.2 Å². The van der Waals surface area contributed by atoms with Crippen LogP contribution in [0, 0.1) is 6.42 Å². The average molecular weight is 216 g/mol. The van der Waals surface area contributed by atoms with Crippen molar-refractivity contribution in [2.24, 2.45) is 0 Å². The van der Waals surface area contributed by atoms with Gasteiger partial charge in [0.15, 0.2) is 0 Å². The third-order valence-corrected chi connectivity index (χ3v) is 1.77. The van der Waals surface area contributed by atoms with E-state index in [1.807, 2.05) is 0 Å². The van der Waals surface area contributed by atoms with Crippen molar-refractivity contribution in [2.45, 2.75) is 11.6 Å². The van der Waals surface area contributed by atoms with Gasteiger partial charge in [0.25, 0.3) is 0 Å². The summed E-state index contributed by atoms with van der Waals surface area (Å²) in [7, 11) is 0. The minimum absolute atomic E-state index is 0.0184. The van der Waals surface area contributed by atoms with E-state index in [-0.39, 0.29) is 5.03 Å². The summed E-state index contributed by atoms with van der Waals surface area (Å²) < 4.78 is 36.1. The van der Waals surface area contributed by atoms with Crippen LogP contribution in [0.3, 0.4) is 0 Å². The highest BCUT2D eigenvalue weighted by molar-refractivity contribution is 6.33. The Labute approximate surface area is 77.6 Å². The molecule has 0 aromatic carbocycles. The zero-order valence-electron chi connectivity index (χ0n) is 5.70. The standard InChI is InChI=1S/C7H4Cl2F3/c8-5-1-4(7(10,11)12)2-6(9)3-5/h1-3,5H. The van der Waals surface area contributed by atoms with Gasteiger partial charge in [0, 0.05) is 11.5 Å². The van der Waals surface area contributed by atoms with Crippen LogP contribution in [0.25, 0.3) is 0 Å². The van der Waals surface area contributed by atoms with Crippen LogP contribution in [0.4, 0.5) is 13.2 Å². The second-order valence-electron chi connectivity index (χ2n) is 2.26. The highest BCUT2D eigenvalue weighted by Gasteiger charge is 2.34. The lowest BCUT2D eigenvalue weighted by atomic mass is 10.1. The number of halogens is 5. The Balaban J connectivity index is 2.91. The third-order valence-electron chi connectivity index (χ3n) is 1.28. The molecule has 1 aliphatic rings. The van der Waals surface area contributed by atoms with Gasteiger partial charge in [0.2, 0.25) is 0 Å². The molecular weight excluding hydrogens is 212 g/mol. The summed E-state index contributed by atoms with van der Waals surface area (Å²) in [5.74, 6) is 0. The topological polar surface area (TPSA) is 0 Å². The van der Waals surface area contributed by atoms with Gasteiger partial charge in [0.1, 0.15) is 0 Å². The van der Waals surface area contributed by atoms with Crippen molar-refractivity contribution in [3.8, 4) is 0 Å². The van der Waals surface area contributed by atoms with Crippen LogP contribution in [0.5, 0.6) is 0 Å². The van der Waals surface area contributed by atoms with E-state index < -0.39 is 17.1 Å². The second kappa shape index (κ2) is 3.30. The number of hydrogen-bond acceptors (Lipinski definition) is 0. The maximum absolute atomic E-state index is 12.0. The molecule has 1 unspecified atom stereocenters. The van der Waals surface area contributed by atoms with Crippen LogP contribution < -0.4 is 0 Å². The van der Waals surface area contributed by atoms with Crippen LogP contribution in [-0.2, 0) is 0 Å². The highest BCUT2D eigenvalue weighted by Crippen LogP contribution is 2.33. The summed E-state index contributed by atoms with van der Waals surface area (Å²) in [5.41, 5.74) is -0.796. The first-order chi connectivity index (χ1) is 5.39. The van der Waals surface area contributed by atoms with E-state index in [0.717, 1.165) is 12.2 Å². The van der Waals surface area contributed by atoms with Gasteiger partial charge in [-0.2, -0.15) is 13.2 Å². The molecule has 0 N–H and O–H groups in total. The molecule has 1 radical (unpaired) electrons. The summed E-state index contributed by atoms with van der Waals surface area (Å²) in [6, 6.07) is 0. The van der Waals surface area contributed by atoms with E-state index in [1.54, 1.807) is 0 Å². The second-order valence-corrected chi connectivity index (χ2v) is 3.20. The van der Waals surface area contributed by atoms with Gasteiger partial charge in [-0.1, -0.05) is 17.7 Å². The monoisotopic (exact) mass is 215 g/mol. The first-order valence-electron chi connectivity index (χ1n) is 3.05. The molecule has 0 aromatic rings. The third kappa shape index (κ3) is 2.42. The SMILES string of the molecule is FC(F)(F)C1=CC(Cl)[CH]C(Cl)=C1. The molecule has 0 saturated heterocycles. The molecule has 0 saturated carbocycles. The molecule has 12 heavy (non-hydrogen) atoms. The van der Waals surface area contributed by atoms with Crippen molar-refractivity contribution >= 4 is 23.2 Å². The van der Waals surface area contributed by atoms with E-state index >= 15 is 0 Å². The summed E-state index contributed by atoms with van der Waals surface area (Å²) in [4.78, 5) is 0. The van der Waals surface area contributed by atoms with Gasteiger partial charge >= 0.3 is 6.18 Å². The van der Waals surface area contributed by atoms with E-state index in [9.17, 15) is 13.2 Å². The Kier molecular flexibility index (Phi) is 2.74. The normalized spacial score (nSPS) is 24.9. The number of alkyl halides is 4. The Bertz CT molecular complexity index is 240. The highest BCUT2D eigenvalue weighted by atomic mass is 35.5. The zero-order valence-corrected chi connectivity index (χ0v) is 7.21. The summed E-state index contributed by atoms with van der Waals surface area (Å²) in [6.45, 7) is 0. The molecule has 0 amide bonds.